The minimum Gasteiger partial charge on any atom is -0.359 e. The quantitative estimate of drug-likeness (QED) is 0.759. The zero-order valence-electron chi connectivity index (χ0n) is 11.9. The number of nitrogens with one attached hydrogen (secondary N) is 1. The molecule has 21 heavy (non-hydrogen) atoms. The lowest BCUT2D eigenvalue weighted by atomic mass is 9.93. The van der Waals surface area contributed by atoms with Crippen molar-refractivity contribution < 1.29 is 4.52 Å². The fraction of sp³-hybridized carbons (Fsp3) is 0.286. The van der Waals surface area contributed by atoms with Gasteiger partial charge in [0.15, 0.2) is 11.6 Å². The van der Waals surface area contributed by atoms with E-state index in [9.17, 15) is 0 Å². The van der Waals surface area contributed by atoms with Gasteiger partial charge in [-0.1, -0.05) is 25.9 Å². The zero-order valence-corrected chi connectivity index (χ0v) is 13.5. The molecule has 0 amide bonds. The summed E-state index contributed by atoms with van der Waals surface area (Å²) in [5, 5.41) is 7.14. The average Bonchev–Trinajstić information content (AvgIpc) is 2.87. The highest BCUT2D eigenvalue weighted by atomic mass is 79.9. The van der Waals surface area contributed by atoms with Gasteiger partial charge in [0.1, 0.15) is 17.6 Å². The van der Waals surface area contributed by atoms with Crippen molar-refractivity contribution in [2.24, 2.45) is 0 Å². The van der Waals surface area contributed by atoms with Gasteiger partial charge in [0.2, 0.25) is 0 Å². The van der Waals surface area contributed by atoms with Crippen LogP contribution in [0, 0.1) is 0 Å². The Morgan fingerprint density at radius 1 is 1.14 bits per heavy atom. The second-order valence-electron chi connectivity index (χ2n) is 5.69. The first-order chi connectivity index (χ1) is 9.93. The Bertz CT molecular complexity index is 793. The maximum absolute atomic E-state index is 5.35. The monoisotopic (exact) mass is 347 g/mol. The third-order valence-electron chi connectivity index (χ3n) is 2.94. The molecule has 0 bridgehead atoms. The number of pyridine rings is 1. The lowest BCUT2D eigenvalue weighted by Gasteiger charge is -2.12. The lowest BCUT2D eigenvalue weighted by molar-refractivity contribution is 0.331. The third-order valence-corrected chi connectivity index (χ3v) is 3.37. The molecule has 0 aliphatic heterocycles. The van der Waals surface area contributed by atoms with Gasteiger partial charge in [-0.05, 0) is 22.0 Å². The van der Waals surface area contributed by atoms with Crippen molar-refractivity contribution in [2.45, 2.75) is 26.2 Å². The molecule has 0 aliphatic rings. The van der Waals surface area contributed by atoms with Crippen molar-refractivity contribution in [3.63, 3.8) is 0 Å². The van der Waals surface area contributed by atoms with Crippen molar-refractivity contribution in [1.82, 2.24) is 20.1 Å². The van der Waals surface area contributed by atoms with Crippen LogP contribution in [0.15, 0.2) is 33.7 Å². The minimum atomic E-state index is -0.0935. The summed E-state index contributed by atoms with van der Waals surface area (Å²) in [6.07, 6.45) is 3.20. The molecule has 0 aliphatic carbocycles. The third kappa shape index (κ3) is 2.87. The van der Waals surface area contributed by atoms with E-state index in [1.807, 2.05) is 12.1 Å². The molecule has 0 atom stereocenters. The van der Waals surface area contributed by atoms with E-state index in [1.165, 1.54) is 6.33 Å². The maximum atomic E-state index is 5.35. The second kappa shape index (κ2) is 5.07. The van der Waals surface area contributed by atoms with E-state index in [-0.39, 0.29) is 5.41 Å². The fourth-order valence-corrected chi connectivity index (χ4v) is 2.14. The molecule has 0 radical (unpaired) electrons. The summed E-state index contributed by atoms with van der Waals surface area (Å²) >= 11 is 3.38. The Morgan fingerprint density at radius 2 is 1.95 bits per heavy atom. The first-order valence-electron chi connectivity index (χ1n) is 6.44. The van der Waals surface area contributed by atoms with Crippen LogP contribution in [0.4, 0.5) is 11.6 Å². The van der Waals surface area contributed by atoms with Crippen molar-refractivity contribution in [1.29, 1.82) is 0 Å². The van der Waals surface area contributed by atoms with E-state index in [0.29, 0.717) is 17.2 Å². The van der Waals surface area contributed by atoms with E-state index in [2.05, 4.69) is 62.1 Å². The molecular weight excluding hydrogens is 334 g/mol. The van der Waals surface area contributed by atoms with Crippen LogP contribution in [0.5, 0.6) is 0 Å². The molecule has 3 aromatic heterocycles. The first kappa shape index (κ1) is 13.9. The van der Waals surface area contributed by atoms with E-state index < -0.39 is 0 Å². The number of fused-ring (bicyclic) bond motifs is 1. The number of hydrogen-bond donors (Lipinski definition) is 1. The topological polar surface area (TPSA) is 76.7 Å². The van der Waals surface area contributed by atoms with Crippen LogP contribution in [0.2, 0.25) is 0 Å². The Balaban J connectivity index is 1.97. The molecule has 3 heterocycles. The van der Waals surface area contributed by atoms with Gasteiger partial charge in [-0.15, -0.1) is 0 Å². The summed E-state index contributed by atoms with van der Waals surface area (Å²) in [5.74, 6) is 2.00. The highest BCUT2D eigenvalue weighted by Crippen LogP contribution is 2.27. The molecule has 108 valence electrons. The molecule has 3 aromatic rings. The maximum Gasteiger partial charge on any atom is 0.175 e. The lowest BCUT2D eigenvalue weighted by Crippen LogP contribution is -2.09. The van der Waals surface area contributed by atoms with Crippen molar-refractivity contribution in [2.75, 3.05) is 5.32 Å². The predicted octanol–water partition coefficient (Wildman–Crippen LogP) is 3.82. The van der Waals surface area contributed by atoms with Crippen LogP contribution < -0.4 is 5.32 Å². The molecule has 0 aromatic carbocycles. The van der Waals surface area contributed by atoms with Crippen LogP contribution in [0.1, 0.15) is 26.5 Å². The number of hydrogen-bond acceptors (Lipinski definition) is 6. The molecule has 7 heteroatoms. The number of halogens is 1. The number of rotatable bonds is 2. The summed E-state index contributed by atoms with van der Waals surface area (Å²) in [5.41, 5.74) is 1.34. The first-order valence-corrected chi connectivity index (χ1v) is 7.23. The Labute approximate surface area is 130 Å². The van der Waals surface area contributed by atoms with Gasteiger partial charge in [-0.3, -0.25) is 0 Å². The summed E-state index contributed by atoms with van der Waals surface area (Å²) in [4.78, 5) is 12.8. The van der Waals surface area contributed by atoms with Gasteiger partial charge in [0, 0.05) is 22.2 Å². The van der Waals surface area contributed by atoms with Crippen LogP contribution in [-0.2, 0) is 5.41 Å². The summed E-state index contributed by atoms with van der Waals surface area (Å²) < 4.78 is 6.22. The van der Waals surface area contributed by atoms with Gasteiger partial charge < -0.3 is 9.84 Å². The summed E-state index contributed by atoms with van der Waals surface area (Å²) in [6, 6.07) is 3.76. The minimum absolute atomic E-state index is 0.0935. The largest absolute Gasteiger partial charge is 0.359 e. The molecule has 0 saturated carbocycles. The van der Waals surface area contributed by atoms with E-state index in [0.717, 1.165) is 15.7 Å². The van der Waals surface area contributed by atoms with Gasteiger partial charge in [0.25, 0.3) is 0 Å². The molecular formula is C14H14BrN5O. The highest BCUT2D eigenvalue weighted by molar-refractivity contribution is 9.10. The van der Waals surface area contributed by atoms with E-state index in [1.54, 1.807) is 6.20 Å². The average molecular weight is 348 g/mol. The smallest absolute Gasteiger partial charge is 0.175 e. The van der Waals surface area contributed by atoms with Gasteiger partial charge in [0.05, 0.1) is 5.52 Å². The number of nitrogens with zero attached hydrogens (tertiary/aromatic N) is 4. The molecule has 6 nitrogen and oxygen atoms in total. The molecule has 0 unspecified atom stereocenters. The van der Waals surface area contributed by atoms with Crippen molar-refractivity contribution >= 4 is 38.6 Å². The van der Waals surface area contributed by atoms with Crippen LogP contribution in [0.25, 0.3) is 11.0 Å². The van der Waals surface area contributed by atoms with Crippen molar-refractivity contribution in [3.8, 4) is 0 Å². The Hall–Kier alpha value is -2.02. The van der Waals surface area contributed by atoms with Crippen LogP contribution in [-0.4, -0.2) is 20.1 Å². The summed E-state index contributed by atoms with van der Waals surface area (Å²) in [6.45, 7) is 6.20. The van der Waals surface area contributed by atoms with Gasteiger partial charge in [-0.2, -0.15) is 0 Å². The predicted molar refractivity (Wildman–Crippen MR) is 83.5 cm³/mol. The fourth-order valence-electron chi connectivity index (χ4n) is 1.82. The number of aromatic nitrogens is 4. The van der Waals surface area contributed by atoms with Crippen molar-refractivity contribution in [3.05, 3.63) is 34.9 Å². The molecule has 3 rings (SSSR count). The van der Waals surface area contributed by atoms with Crippen LogP contribution in [0.3, 0.4) is 0 Å². The molecule has 0 saturated heterocycles. The molecule has 1 N–H and O–H groups in total. The van der Waals surface area contributed by atoms with E-state index in [4.69, 9.17) is 4.52 Å². The summed E-state index contributed by atoms with van der Waals surface area (Å²) in [7, 11) is 0. The normalized spacial score (nSPS) is 11.8. The van der Waals surface area contributed by atoms with E-state index >= 15 is 0 Å². The highest BCUT2D eigenvalue weighted by Gasteiger charge is 2.20. The second-order valence-corrected chi connectivity index (χ2v) is 6.61. The molecule has 0 spiro atoms. The zero-order chi connectivity index (χ0) is 15.0. The van der Waals surface area contributed by atoms with Crippen LogP contribution >= 0.6 is 15.9 Å². The van der Waals surface area contributed by atoms with Gasteiger partial charge >= 0.3 is 0 Å². The Kier molecular flexibility index (Phi) is 3.36. The van der Waals surface area contributed by atoms with Gasteiger partial charge in [-0.25, -0.2) is 15.0 Å². The standard InChI is InChI=1S/C14H14BrN5O/c1-14(2,3)10-5-11(20-21-10)19-13-12-9(17-7-18-13)4-8(15)6-16-12/h4-7H,1-3H3,(H,17,18,19,20). The number of anilines is 2. The Morgan fingerprint density at radius 3 is 2.67 bits per heavy atom. The SMILES string of the molecule is CC(C)(C)c1cc(Nc2ncnc3cc(Br)cnc23)no1. The molecule has 0 fully saturated rings.